The van der Waals surface area contributed by atoms with Crippen LogP contribution in [0.25, 0.3) is 11.1 Å². The van der Waals surface area contributed by atoms with E-state index in [1.54, 1.807) is 11.9 Å². The number of alkyl carbamates (subject to hydrolysis) is 1. The summed E-state index contributed by atoms with van der Waals surface area (Å²) in [7, 11) is 1.72. The molecule has 2 aliphatic rings. The van der Waals surface area contributed by atoms with Gasteiger partial charge in [-0.15, -0.1) is 0 Å². The van der Waals surface area contributed by atoms with Crippen molar-refractivity contribution in [1.29, 1.82) is 0 Å². The Morgan fingerprint density at radius 2 is 1.67 bits per heavy atom. The maximum Gasteiger partial charge on any atom is 0.407 e. The van der Waals surface area contributed by atoms with Gasteiger partial charge < -0.3 is 20.1 Å². The summed E-state index contributed by atoms with van der Waals surface area (Å²) in [4.78, 5) is 37.0. The lowest BCUT2D eigenvalue weighted by Gasteiger charge is -2.39. The Labute approximate surface area is 197 Å². The molecule has 2 aliphatic carbocycles. The van der Waals surface area contributed by atoms with Crippen molar-refractivity contribution in [3.8, 4) is 11.1 Å². The van der Waals surface area contributed by atoms with Crippen molar-refractivity contribution in [1.82, 2.24) is 10.2 Å². The van der Waals surface area contributed by atoms with E-state index in [2.05, 4.69) is 29.6 Å². The molecule has 7 nitrogen and oxygen atoms in total. The molecule has 174 valence electrons. The highest BCUT2D eigenvalue weighted by molar-refractivity contribution is 7.99. The van der Waals surface area contributed by atoms with Gasteiger partial charge in [-0.1, -0.05) is 48.5 Å². The van der Waals surface area contributed by atoms with Gasteiger partial charge in [0, 0.05) is 31.3 Å². The molecule has 0 aliphatic heterocycles. The number of carbonyl (C=O) groups excluding carboxylic acids is 2. The second-order valence-electron chi connectivity index (χ2n) is 8.47. The summed E-state index contributed by atoms with van der Waals surface area (Å²) >= 11 is 1.44. The lowest BCUT2D eigenvalue weighted by Crippen LogP contribution is -2.48. The number of thioether (sulfide) groups is 1. The third-order valence-electron chi connectivity index (χ3n) is 6.49. The Bertz CT molecular complexity index is 991. The van der Waals surface area contributed by atoms with E-state index >= 15 is 0 Å². The summed E-state index contributed by atoms with van der Waals surface area (Å²) in [6.45, 7) is 0.678. The summed E-state index contributed by atoms with van der Waals surface area (Å²) in [6.07, 6.45) is 0.576. The number of rotatable bonds is 9. The fraction of sp³-hybridized carbons (Fsp3) is 0.400. The van der Waals surface area contributed by atoms with E-state index in [-0.39, 0.29) is 30.4 Å². The van der Waals surface area contributed by atoms with Gasteiger partial charge in [0.1, 0.15) is 6.61 Å². The number of benzene rings is 2. The SMILES string of the molecule is CN(C(=O)CSCCNC(=O)OCC1c2ccccc2-c2ccccc21)C1CC(C(=O)O)C1. The Morgan fingerprint density at radius 1 is 1.06 bits per heavy atom. The first kappa shape index (κ1) is 23.2. The molecule has 1 saturated carbocycles. The lowest BCUT2D eigenvalue weighted by atomic mass is 9.79. The van der Waals surface area contributed by atoms with Gasteiger partial charge in [0.25, 0.3) is 0 Å². The first-order valence-electron chi connectivity index (χ1n) is 11.1. The summed E-state index contributed by atoms with van der Waals surface area (Å²) in [5.41, 5.74) is 4.72. The zero-order chi connectivity index (χ0) is 23.4. The fourth-order valence-electron chi connectivity index (χ4n) is 4.45. The maximum atomic E-state index is 12.2. The average molecular weight is 469 g/mol. The zero-order valence-corrected chi connectivity index (χ0v) is 19.3. The van der Waals surface area contributed by atoms with Gasteiger partial charge >= 0.3 is 12.1 Å². The molecule has 0 spiro atoms. The largest absolute Gasteiger partial charge is 0.481 e. The third kappa shape index (κ3) is 5.16. The fourth-order valence-corrected chi connectivity index (χ4v) is 5.21. The molecule has 4 rings (SSSR count). The first-order valence-corrected chi connectivity index (χ1v) is 12.3. The van der Waals surface area contributed by atoms with Gasteiger partial charge in [-0.3, -0.25) is 9.59 Å². The van der Waals surface area contributed by atoms with Crippen LogP contribution in [0.1, 0.15) is 29.9 Å². The van der Waals surface area contributed by atoms with Crippen LogP contribution in [0.4, 0.5) is 4.79 Å². The molecule has 0 unspecified atom stereocenters. The smallest absolute Gasteiger partial charge is 0.407 e. The van der Waals surface area contributed by atoms with E-state index in [9.17, 15) is 14.4 Å². The van der Waals surface area contributed by atoms with E-state index in [1.165, 1.54) is 34.0 Å². The minimum Gasteiger partial charge on any atom is -0.481 e. The van der Waals surface area contributed by atoms with E-state index in [0.29, 0.717) is 30.9 Å². The number of hydrogen-bond donors (Lipinski definition) is 2. The summed E-state index contributed by atoms with van der Waals surface area (Å²) in [6, 6.07) is 16.4. The molecule has 1 fully saturated rings. The molecule has 33 heavy (non-hydrogen) atoms. The summed E-state index contributed by atoms with van der Waals surface area (Å²) in [5.74, 6) is -0.225. The highest BCUT2D eigenvalue weighted by Gasteiger charge is 2.38. The topological polar surface area (TPSA) is 95.9 Å². The number of carboxylic acid groups (broad SMARTS) is 1. The van der Waals surface area contributed by atoms with Crippen LogP contribution in [0.2, 0.25) is 0 Å². The number of nitrogens with one attached hydrogen (secondary N) is 1. The summed E-state index contributed by atoms with van der Waals surface area (Å²) < 4.78 is 5.51. The van der Waals surface area contributed by atoms with E-state index in [1.807, 2.05) is 24.3 Å². The van der Waals surface area contributed by atoms with Crippen LogP contribution in [-0.4, -0.2) is 65.7 Å². The lowest BCUT2D eigenvalue weighted by molar-refractivity contribution is -0.149. The van der Waals surface area contributed by atoms with Gasteiger partial charge in [0.2, 0.25) is 5.91 Å². The van der Waals surface area contributed by atoms with Crippen LogP contribution in [0.3, 0.4) is 0 Å². The molecule has 0 aromatic heterocycles. The van der Waals surface area contributed by atoms with Crippen molar-refractivity contribution in [3.63, 3.8) is 0 Å². The Hall–Kier alpha value is -3.00. The predicted octanol–water partition coefficient (Wildman–Crippen LogP) is 3.58. The van der Waals surface area contributed by atoms with Crippen molar-refractivity contribution < 1.29 is 24.2 Å². The number of hydrogen-bond acceptors (Lipinski definition) is 5. The number of nitrogens with zero attached hydrogens (tertiary/aromatic N) is 1. The second-order valence-corrected chi connectivity index (χ2v) is 9.58. The molecular formula is C25H28N2O5S. The molecule has 0 radical (unpaired) electrons. The minimum atomic E-state index is -0.791. The minimum absolute atomic E-state index is 0.0122. The normalized spacial score (nSPS) is 18.6. The predicted molar refractivity (Wildman–Crippen MR) is 127 cm³/mol. The molecule has 0 saturated heterocycles. The standard InChI is InChI=1S/C25H28N2O5S/c1-27(17-12-16(13-17)24(29)30)23(28)15-33-11-10-26-25(31)32-14-22-20-8-4-2-6-18(20)19-7-3-5-9-21(19)22/h2-9,16-17,22H,10-15H2,1H3,(H,26,31)(H,29,30). The number of amides is 2. The van der Waals surface area contributed by atoms with Crippen molar-refractivity contribution >= 4 is 29.7 Å². The molecular weight excluding hydrogens is 440 g/mol. The highest BCUT2D eigenvalue weighted by atomic mass is 32.2. The van der Waals surface area contributed by atoms with Gasteiger partial charge in [-0.25, -0.2) is 4.79 Å². The molecule has 0 atom stereocenters. The van der Waals surface area contributed by atoms with Crippen molar-refractivity contribution in [3.05, 3.63) is 59.7 Å². The third-order valence-corrected chi connectivity index (χ3v) is 7.43. The number of carboxylic acids is 1. The van der Waals surface area contributed by atoms with Gasteiger partial charge in [-0.2, -0.15) is 11.8 Å². The monoisotopic (exact) mass is 468 g/mol. The van der Waals surface area contributed by atoms with Crippen molar-refractivity contribution in [2.24, 2.45) is 5.92 Å². The molecule has 0 heterocycles. The van der Waals surface area contributed by atoms with Crippen LogP contribution in [-0.2, 0) is 14.3 Å². The molecule has 2 aromatic carbocycles. The average Bonchev–Trinajstić information content (AvgIpc) is 3.09. The van der Waals surface area contributed by atoms with E-state index in [4.69, 9.17) is 9.84 Å². The number of ether oxygens (including phenoxy) is 1. The van der Waals surface area contributed by atoms with Crippen LogP contribution < -0.4 is 5.32 Å². The Kier molecular flexibility index (Phi) is 7.23. The Morgan fingerprint density at radius 3 is 2.27 bits per heavy atom. The second kappa shape index (κ2) is 10.3. The number of aliphatic carboxylic acids is 1. The highest BCUT2D eigenvalue weighted by Crippen LogP contribution is 2.44. The van der Waals surface area contributed by atoms with Gasteiger partial charge in [0.05, 0.1) is 11.7 Å². The number of carbonyl (C=O) groups is 3. The van der Waals surface area contributed by atoms with E-state index in [0.717, 1.165) is 0 Å². The van der Waals surface area contributed by atoms with Gasteiger partial charge in [0.15, 0.2) is 0 Å². The molecule has 2 aromatic rings. The van der Waals surface area contributed by atoms with E-state index < -0.39 is 12.1 Å². The van der Waals surface area contributed by atoms with Crippen LogP contribution in [0.5, 0.6) is 0 Å². The van der Waals surface area contributed by atoms with Crippen molar-refractivity contribution in [2.45, 2.75) is 24.8 Å². The van der Waals surface area contributed by atoms with Gasteiger partial charge in [-0.05, 0) is 35.1 Å². The molecule has 8 heteroatoms. The molecule has 2 amide bonds. The maximum absolute atomic E-state index is 12.2. The first-order chi connectivity index (χ1) is 16.0. The zero-order valence-electron chi connectivity index (χ0n) is 18.5. The summed E-state index contributed by atoms with van der Waals surface area (Å²) in [5, 5.41) is 11.7. The van der Waals surface area contributed by atoms with Crippen molar-refractivity contribution in [2.75, 3.05) is 31.7 Å². The van der Waals surface area contributed by atoms with Crippen LogP contribution in [0.15, 0.2) is 48.5 Å². The van der Waals surface area contributed by atoms with Crippen LogP contribution in [0, 0.1) is 5.92 Å². The number of fused-ring (bicyclic) bond motifs is 3. The molecule has 0 bridgehead atoms. The molecule has 2 N–H and O–H groups in total. The van der Waals surface area contributed by atoms with Crippen LogP contribution >= 0.6 is 11.8 Å². The Balaban J connectivity index is 1.15. The quantitative estimate of drug-likeness (QED) is 0.546.